The van der Waals surface area contributed by atoms with E-state index in [-0.39, 0.29) is 0 Å². The molecule has 0 aliphatic carbocycles. The summed E-state index contributed by atoms with van der Waals surface area (Å²) in [5.74, 6) is 0. The molecule has 2 N–H and O–H groups in total. The van der Waals surface area contributed by atoms with Crippen LogP contribution in [0.25, 0.3) is 0 Å². The highest BCUT2D eigenvalue weighted by atomic mass is 15.2. The zero-order valence-electron chi connectivity index (χ0n) is 9.61. The maximum atomic E-state index is 5.84. The number of rotatable bonds is 3. The van der Waals surface area contributed by atoms with Crippen LogP contribution in [0.4, 0.5) is 5.69 Å². The molecule has 2 rings (SSSR count). The van der Waals surface area contributed by atoms with Gasteiger partial charge in [-0.3, -0.25) is 0 Å². The molecule has 0 bridgehead atoms. The summed E-state index contributed by atoms with van der Waals surface area (Å²) in [6.07, 6.45) is 2.28. The van der Waals surface area contributed by atoms with Gasteiger partial charge in [0.25, 0.3) is 0 Å². The fourth-order valence-corrected chi connectivity index (χ4v) is 2.62. The van der Waals surface area contributed by atoms with Gasteiger partial charge in [-0.15, -0.1) is 0 Å². The average Bonchev–Trinajstić information content (AvgIpc) is 2.58. The van der Waals surface area contributed by atoms with Crippen LogP contribution in [0.5, 0.6) is 0 Å². The second kappa shape index (κ2) is 4.23. The van der Waals surface area contributed by atoms with Crippen LogP contribution in [0.15, 0.2) is 24.3 Å². The molecule has 2 heteroatoms. The summed E-state index contributed by atoms with van der Waals surface area (Å²) < 4.78 is 0. The van der Waals surface area contributed by atoms with E-state index in [1.165, 1.54) is 11.3 Å². The predicted octanol–water partition coefficient (Wildman–Crippen LogP) is 2.17. The molecule has 0 spiro atoms. The normalized spacial score (nSPS) is 21.5. The molecule has 1 aliphatic rings. The van der Waals surface area contributed by atoms with Crippen LogP contribution < -0.4 is 10.6 Å². The maximum absolute atomic E-state index is 5.84. The van der Waals surface area contributed by atoms with E-state index in [4.69, 9.17) is 5.73 Å². The van der Waals surface area contributed by atoms with E-state index < -0.39 is 0 Å². The lowest BCUT2D eigenvalue weighted by Crippen LogP contribution is -2.43. The zero-order valence-corrected chi connectivity index (χ0v) is 9.61. The van der Waals surface area contributed by atoms with Crippen LogP contribution in [0.3, 0.4) is 0 Å². The van der Waals surface area contributed by atoms with Gasteiger partial charge in [0.2, 0.25) is 0 Å². The zero-order chi connectivity index (χ0) is 10.8. The van der Waals surface area contributed by atoms with Crippen molar-refractivity contribution in [1.29, 1.82) is 0 Å². The smallest absolute Gasteiger partial charge is 0.0412 e. The van der Waals surface area contributed by atoms with Crippen LogP contribution in [0, 0.1) is 0 Å². The first-order chi connectivity index (χ1) is 7.27. The fourth-order valence-electron chi connectivity index (χ4n) is 2.62. The monoisotopic (exact) mass is 204 g/mol. The lowest BCUT2D eigenvalue weighted by Gasteiger charge is -2.32. The Labute approximate surface area is 92.1 Å². The lowest BCUT2D eigenvalue weighted by atomic mass is 10.1. The van der Waals surface area contributed by atoms with E-state index in [1.807, 2.05) is 0 Å². The van der Waals surface area contributed by atoms with Gasteiger partial charge in [-0.05, 0) is 31.4 Å². The van der Waals surface area contributed by atoms with Crippen LogP contribution in [-0.2, 0) is 6.42 Å². The van der Waals surface area contributed by atoms with Crippen molar-refractivity contribution in [1.82, 2.24) is 0 Å². The molecule has 0 amide bonds. The molecule has 15 heavy (non-hydrogen) atoms. The van der Waals surface area contributed by atoms with Crippen LogP contribution in [-0.4, -0.2) is 18.6 Å². The van der Waals surface area contributed by atoms with Gasteiger partial charge in [-0.2, -0.15) is 0 Å². The van der Waals surface area contributed by atoms with Crippen LogP contribution >= 0.6 is 0 Å². The summed E-state index contributed by atoms with van der Waals surface area (Å²) in [7, 11) is 0. The molecule has 0 fully saturated rings. The Morgan fingerprint density at radius 1 is 1.47 bits per heavy atom. The largest absolute Gasteiger partial charge is 0.364 e. The average molecular weight is 204 g/mol. The van der Waals surface area contributed by atoms with E-state index in [2.05, 4.69) is 43.0 Å². The van der Waals surface area contributed by atoms with Gasteiger partial charge in [0.05, 0.1) is 0 Å². The third kappa shape index (κ3) is 1.74. The molecule has 1 heterocycles. The highest BCUT2D eigenvalue weighted by Crippen LogP contribution is 2.33. The molecule has 2 nitrogen and oxygen atoms in total. The SMILES string of the molecule is CCC(CN)N1c2ccccc2CC1C. The third-order valence-electron chi connectivity index (χ3n) is 3.40. The first-order valence-electron chi connectivity index (χ1n) is 5.84. The molecule has 0 saturated heterocycles. The molecule has 1 aromatic carbocycles. The third-order valence-corrected chi connectivity index (χ3v) is 3.40. The van der Waals surface area contributed by atoms with E-state index in [0.717, 1.165) is 19.4 Å². The van der Waals surface area contributed by atoms with Crippen LogP contribution in [0.2, 0.25) is 0 Å². The molecule has 0 radical (unpaired) electrons. The minimum Gasteiger partial charge on any atom is -0.364 e. The van der Waals surface area contributed by atoms with Crippen LogP contribution in [0.1, 0.15) is 25.8 Å². The predicted molar refractivity (Wildman–Crippen MR) is 65.2 cm³/mol. The van der Waals surface area contributed by atoms with Gasteiger partial charge >= 0.3 is 0 Å². The molecule has 2 unspecified atom stereocenters. The van der Waals surface area contributed by atoms with E-state index in [1.54, 1.807) is 0 Å². The Balaban J connectivity index is 2.32. The molecule has 82 valence electrons. The number of benzene rings is 1. The van der Waals surface area contributed by atoms with Gasteiger partial charge in [0.1, 0.15) is 0 Å². The van der Waals surface area contributed by atoms with Gasteiger partial charge in [0.15, 0.2) is 0 Å². The Bertz CT molecular complexity index is 331. The quantitative estimate of drug-likeness (QED) is 0.817. The lowest BCUT2D eigenvalue weighted by molar-refractivity contribution is 0.536. The molecule has 1 aromatic rings. The number of nitrogens with two attached hydrogens (primary N) is 1. The molecular formula is C13H20N2. The van der Waals surface area contributed by atoms with E-state index in [0.29, 0.717) is 12.1 Å². The molecule has 1 aliphatic heterocycles. The number of fused-ring (bicyclic) bond motifs is 1. The van der Waals surface area contributed by atoms with Gasteiger partial charge in [-0.25, -0.2) is 0 Å². The summed E-state index contributed by atoms with van der Waals surface area (Å²) in [5.41, 5.74) is 8.70. The molecule has 2 atom stereocenters. The standard InChI is InChI=1S/C13H20N2/c1-3-12(9-14)15-10(2)8-11-6-4-5-7-13(11)15/h4-7,10,12H,3,8-9,14H2,1-2H3. The highest BCUT2D eigenvalue weighted by Gasteiger charge is 2.29. The van der Waals surface area contributed by atoms with Gasteiger partial charge < -0.3 is 10.6 Å². The first kappa shape index (κ1) is 10.5. The van der Waals surface area contributed by atoms with Crippen molar-refractivity contribution in [2.45, 2.75) is 38.8 Å². The van der Waals surface area contributed by atoms with Crippen molar-refractivity contribution in [2.24, 2.45) is 5.73 Å². The minimum atomic E-state index is 0.489. The summed E-state index contributed by atoms with van der Waals surface area (Å²) in [5, 5.41) is 0. The Kier molecular flexibility index (Phi) is 2.96. The van der Waals surface area contributed by atoms with Crippen molar-refractivity contribution in [3.8, 4) is 0 Å². The van der Waals surface area contributed by atoms with Gasteiger partial charge in [0, 0.05) is 24.3 Å². The first-order valence-corrected chi connectivity index (χ1v) is 5.84. The fraction of sp³-hybridized carbons (Fsp3) is 0.538. The number of hydrogen-bond acceptors (Lipinski definition) is 2. The van der Waals surface area contributed by atoms with E-state index in [9.17, 15) is 0 Å². The second-order valence-corrected chi connectivity index (χ2v) is 4.39. The highest BCUT2D eigenvalue weighted by molar-refractivity contribution is 5.60. The van der Waals surface area contributed by atoms with Crippen molar-refractivity contribution in [3.05, 3.63) is 29.8 Å². The van der Waals surface area contributed by atoms with Crippen molar-refractivity contribution >= 4 is 5.69 Å². The van der Waals surface area contributed by atoms with E-state index >= 15 is 0 Å². The van der Waals surface area contributed by atoms with Crippen molar-refractivity contribution in [3.63, 3.8) is 0 Å². The summed E-state index contributed by atoms with van der Waals surface area (Å²) in [6, 6.07) is 9.78. The number of hydrogen-bond donors (Lipinski definition) is 1. The minimum absolute atomic E-state index is 0.489. The van der Waals surface area contributed by atoms with Gasteiger partial charge in [-0.1, -0.05) is 25.1 Å². The number of para-hydroxylation sites is 1. The Hall–Kier alpha value is -1.02. The van der Waals surface area contributed by atoms with Crippen molar-refractivity contribution < 1.29 is 0 Å². The Morgan fingerprint density at radius 2 is 2.20 bits per heavy atom. The topological polar surface area (TPSA) is 29.3 Å². The molecule has 0 aromatic heterocycles. The Morgan fingerprint density at radius 3 is 2.87 bits per heavy atom. The summed E-state index contributed by atoms with van der Waals surface area (Å²) in [4.78, 5) is 2.50. The second-order valence-electron chi connectivity index (χ2n) is 4.39. The summed E-state index contributed by atoms with van der Waals surface area (Å²) in [6.45, 7) is 5.25. The summed E-state index contributed by atoms with van der Waals surface area (Å²) >= 11 is 0. The van der Waals surface area contributed by atoms with Crippen molar-refractivity contribution in [2.75, 3.05) is 11.4 Å². The number of anilines is 1. The molecule has 0 saturated carbocycles. The number of nitrogens with zero attached hydrogens (tertiary/aromatic N) is 1. The maximum Gasteiger partial charge on any atom is 0.0412 e. The molecular weight excluding hydrogens is 184 g/mol.